The zero-order valence-electron chi connectivity index (χ0n) is 10.2. The first-order valence-corrected chi connectivity index (χ1v) is 5.30. The van der Waals surface area contributed by atoms with E-state index < -0.39 is 5.97 Å². The topological polar surface area (TPSA) is 78.9 Å². The van der Waals surface area contributed by atoms with Crippen LogP contribution in [0.1, 0.15) is 11.7 Å². The van der Waals surface area contributed by atoms with Gasteiger partial charge in [-0.2, -0.15) is 0 Å². The van der Waals surface area contributed by atoms with E-state index in [1.165, 1.54) is 12.3 Å². The molecule has 0 atom stereocenters. The van der Waals surface area contributed by atoms with Gasteiger partial charge in [0.05, 0.1) is 29.8 Å². The maximum absolute atomic E-state index is 10.8. The van der Waals surface area contributed by atoms with Gasteiger partial charge in [-0.3, -0.25) is 4.98 Å². The van der Waals surface area contributed by atoms with Crippen LogP contribution in [-0.2, 0) is 0 Å². The lowest BCUT2D eigenvalue weighted by Gasteiger charge is -1.99. The number of hydrogen-bond donors (Lipinski definition) is 2. The van der Waals surface area contributed by atoms with Crippen molar-refractivity contribution in [2.45, 2.75) is 0 Å². The summed E-state index contributed by atoms with van der Waals surface area (Å²) < 4.78 is 7.87. The Morgan fingerprint density at radius 1 is 1.33 bits per heavy atom. The number of aromatic nitrogens is 3. The molecule has 0 amide bonds. The van der Waals surface area contributed by atoms with Crippen LogP contribution in [0.5, 0.6) is 0 Å². The van der Waals surface area contributed by atoms with Crippen molar-refractivity contribution in [2.75, 3.05) is 0 Å². The van der Waals surface area contributed by atoms with Gasteiger partial charge >= 0.3 is 5.97 Å². The van der Waals surface area contributed by atoms with Crippen molar-refractivity contribution in [1.29, 1.82) is 0 Å². The first kappa shape index (κ1) is 9.35. The molecule has 0 unspecified atom stereocenters. The number of nitrogens with one attached hydrogen (secondary N) is 1. The number of aromatic amines is 1. The van der Waals surface area contributed by atoms with E-state index in [0.717, 1.165) is 0 Å². The highest BCUT2D eigenvalue weighted by Crippen LogP contribution is 2.18. The lowest BCUT2D eigenvalue weighted by atomic mass is 10.2. The predicted molar refractivity (Wildman–Crippen MR) is 66.3 cm³/mol. The third-order valence-corrected chi connectivity index (χ3v) is 2.58. The number of benzene rings is 1. The quantitative estimate of drug-likeness (QED) is 0.720. The molecule has 2 N–H and O–H groups in total. The molecule has 0 bridgehead atoms. The van der Waals surface area contributed by atoms with E-state index in [0.29, 0.717) is 22.4 Å². The average molecular weight is 240 g/mol. The molecule has 5 heteroatoms. The fraction of sp³-hybridized carbons (Fsp3) is 0. The maximum atomic E-state index is 10.8. The van der Waals surface area contributed by atoms with Gasteiger partial charge in [-0.1, -0.05) is 12.1 Å². The average Bonchev–Trinajstić information content (AvgIpc) is 2.87. The molecule has 0 aliphatic carbocycles. The summed E-state index contributed by atoms with van der Waals surface area (Å²) in [6, 6.07) is 8.68. The number of para-hydroxylation sites is 2. The molecular weight excluding hydrogens is 230 g/mol. The number of aromatic carboxylic acids is 1. The number of H-pyrrole nitrogens is 1. The molecule has 0 spiro atoms. The standard InChI is InChI=1S/C13H9N3O2/c17-13(18)8-5-11(14-6-8)12-7-15-9-3-1-2-4-10(9)16-12/h1-7,14H,(H,17,18)/i7D. The number of nitrogens with zero attached hydrogens (tertiary/aromatic N) is 2. The van der Waals surface area contributed by atoms with Crippen molar-refractivity contribution >= 4 is 17.0 Å². The molecular formula is C13H9N3O2. The number of fused-ring (bicyclic) bond motifs is 1. The molecule has 1 aromatic carbocycles. The molecule has 3 rings (SSSR count). The van der Waals surface area contributed by atoms with Gasteiger partial charge in [0.25, 0.3) is 0 Å². The Morgan fingerprint density at radius 2 is 2.11 bits per heavy atom. The molecule has 3 aromatic rings. The summed E-state index contributed by atoms with van der Waals surface area (Å²) >= 11 is 0. The highest BCUT2D eigenvalue weighted by molar-refractivity contribution is 5.89. The molecule has 0 aliphatic rings. The highest BCUT2D eigenvalue weighted by atomic mass is 16.4. The fourth-order valence-corrected chi connectivity index (χ4v) is 1.69. The molecule has 2 aromatic heterocycles. The van der Waals surface area contributed by atoms with E-state index in [2.05, 4.69) is 15.0 Å². The monoisotopic (exact) mass is 240 g/mol. The minimum atomic E-state index is -1.03. The summed E-state index contributed by atoms with van der Waals surface area (Å²) in [4.78, 5) is 22.1. The van der Waals surface area contributed by atoms with E-state index in [1.54, 1.807) is 12.1 Å². The molecule has 18 heavy (non-hydrogen) atoms. The number of carboxylic acids is 1. The lowest BCUT2D eigenvalue weighted by molar-refractivity contribution is 0.0697. The number of hydrogen-bond acceptors (Lipinski definition) is 3. The van der Waals surface area contributed by atoms with Crippen LogP contribution in [0.4, 0.5) is 0 Å². The molecule has 0 aliphatic heterocycles. The Labute approximate surface area is 104 Å². The number of carbonyl (C=O) groups is 1. The van der Waals surface area contributed by atoms with Gasteiger partial charge in [0.15, 0.2) is 0 Å². The number of carboxylic acid groups (broad SMARTS) is 1. The van der Waals surface area contributed by atoms with Crippen LogP contribution in [0, 0.1) is 0 Å². The normalized spacial score (nSPS) is 11.4. The second-order valence-corrected chi connectivity index (χ2v) is 3.78. The Balaban J connectivity index is 2.18. The van der Waals surface area contributed by atoms with Crippen LogP contribution in [0.25, 0.3) is 22.4 Å². The van der Waals surface area contributed by atoms with E-state index in [1.807, 2.05) is 12.1 Å². The molecule has 2 heterocycles. The van der Waals surface area contributed by atoms with Crippen LogP contribution in [0.2, 0.25) is 0 Å². The summed E-state index contributed by atoms with van der Waals surface area (Å²) in [5.41, 5.74) is 2.25. The second kappa shape index (κ2) is 3.96. The van der Waals surface area contributed by atoms with Crippen molar-refractivity contribution in [1.82, 2.24) is 15.0 Å². The van der Waals surface area contributed by atoms with Gasteiger partial charge in [-0.15, -0.1) is 0 Å². The van der Waals surface area contributed by atoms with Crippen molar-refractivity contribution in [3.63, 3.8) is 0 Å². The van der Waals surface area contributed by atoms with Gasteiger partial charge in [-0.05, 0) is 18.2 Å². The minimum absolute atomic E-state index is 0.0116. The van der Waals surface area contributed by atoms with Crippen LogP contribution in [-0.4, -0.2) is 26.0 Å². The first-order chi connectivity index (χ1) is 9.15. The molecule has 88 valence electrons. The third-order valence-electron chi connectivity index (χ3n) is 2.58. The Morgan fingerprint density at radius 3 is 2.83 bits per heavy atom. The van der Waals surface area contributed by atoms with Crippen LogP contribution >= 0.6 is 0 Å². The zero-order valence-corrected chi connectivity index (χ0v) is 9.21. The molecule has 0 saturated heterocycles. The van der Waals surface area contributed by atoms with Crippen LogP contribution in [0.15, 0.2) is 42.7 Å². The Hall–Kier alpha value is -2.69. The Kier molecular flexibility index (Phi) is 2.06. The molecule has 5 nitrogen and oxygen atoms in total. The molecule has 0 fully saturated rings. The SMILES string of the molecule is [2H]c1nc2ccccc2nc1-c1cc(C(=O)O)c[nH]1. The zero-order chi connectivity index (χ0) is 13.4. The third kappa shape index (κ3) is 1.71. The summed E-state index contributed by atoms with van der Waals surface area (Å²) in [6.45, 7) is 0. The lowest BCUT2D eigenvalue weighted by Crippen LogP contribution is -1.92. The summed E-state index contributed by atoms with van der Waals surface area (Å²) in [5, 5.41) is 8.88. The summed E-state index contributed by atoms with van der Waals surface area (Å²) in [5.74, 6) is -1.03. The first-order valence-electron chi connectivity index (χ1n) is 5.80. The van der Waals surface area contributed by atoms with Gasteiger partial charge < -0.3 is 10.1 Å². The van der Waals surface area contributed by atoms with Crippen molar-refractivity contribution in [3.8, 4) is 11.4 Å². The van der Waals surface area contributed by atoms with Crippen LogP contribution < -0.4 is 0 Å². The van der Waals surface area contributed by atoms with Gasteiger partial charge in [0, 0.05) is 6.20 Å². The maximum Gasteiger partial charge on any atom is 0.337 e. The molecule has 0 saturated carbocycles. The van der Waals surface area contributed by atoms with E-state index in [4.69, 9.17) is 6.48 Å². The highest BCUT2D eigenvalue weighted by Gasteiger charge is 2.09. The van der Waals surface area contributed by atoms with Crippen molar-refractivity contribution in [3.05, 3.63) is 48.3 Å². The van der Waals surface area contributed by atoms with E-state index in [-0.39, 0.29) is 11.7 Å². The Bertz CT molecular complexity index is 782. The largest absolute Gasteiger partial charge is 0.478 e. The minimum Gasteiger partial charge on any atom is -0.478 e. The second-order valence-electron chi connectivity index (χ2n) is 3.78. The predicted octanol–water partition coefficient (Wildman–Crippen LogP) is 2.32. The van der Waals surface area contributed by atoms with Gasteiger partial charge in [0.1, 0.15) is 5.69 Å². The summed E-state index contributed by atoms with van der Waals surface area (Å²) in [7, 11) is 0. The summed E-state index contributed by atoms with van der Waals surface area (Å²) in [6.07, 6.45) is 1.38. The van der Waals surface area contributed by atoms with Gasteiger partial charge in [0.2, 0.25) is 0 Å². The van der Waals surface area contributed by atoms with E-state index in [9.17, 15) is 4.79 Å². The fourth-order valence-electron chi connectivity index (χ4n) is 1.69. The van der Waals surface area contributed by atoms with Gasteiger partial charge in [-0.25, -0.2) is 9.78 Å². The van der Waals surface area contributed by atoms with E-state index >= 15 is 0 Å². The van der Waals surface area contributed by atoms with Crippen molar-refractivity contribution < 1.29 is 11.3 Å². The smallest absolute Gasteiger partial charge is 0.337 e. The van der Waals surface area contributed by atoms with Crippen molar-refractivity contribution in [2.24, 2.45) is 0 Å². The molecule has 0 radical (unpaired) electrons. The number of rotatable bonds is 2. The van der Waals surface area contributed by atoms with Crippen LogP contribution in [0.3, 0.4) is 0 Å².